The van der Waals surface area contributed by atoms with Gasteiger partial charge in [0.25, 0.3) is 0 Å². The predicted octanol–water partition coefficient (Wildman–Crippen LogP) is 5.78. The van der Waals surface area contributed by atoms with E-state index < -0.39 is 23.4 Å². The van der Waals surface area contributed by atoms with Crippen LogP contribution in [0.3, 0.4) is 0 Å². The number of carbonyl (C=O) groups is 1. The second-order valence-electron chi connectivity index (χ2n) is 8.71. The standard InChI is InChI=1S/C23H28F3N3O2/c1-6-18-20-19(12-9-16-7-10-17(11-8-16)23(24,25)26)29(21(30)31-22(3,4)5)14-13-28(20)15(2)27-18/h6-8,10-11,19H,1,9,12-14H2,2-5H3. The van der Waals surface area contributed by atoms with E-state index in [1.165, 1.54) is 12.1 Å². The van der Waals surface area contributed by atoms with Gasteiger partial charge in [0.1, 0.15) is 11.4 Å². The number of aromatic nitrogens is 2. The van der Waals surface area contributed by atoms with Crippen molar-refractivity contribution in [3.63, 3.8) is 0 Å². The summed E-state index contributed by atoms with van der Waals surface area (Å²) in [5, 5.41) is 0. The Morgan fingerprint density at radius 1 is 1.23 bits per heavy atom. The number of hydrogen-bond acceptors (Lipinski definition) is 3. The summed E-state index contributed by atoms with van der Waals surface area (Å²) in [7, 11) is 0. The first kappa shape index (κ1) is 22.9. The van der Waals surface area contributed by atoms with E-state index in [0.717, 1.165) is 29.2 Å². The van der Waals surface area contributed by atoms with Gasteiger partial charge in [0.2, 0.25) is 0 Å². The maximum Gasteiger partial charge on any atom is 0.416 e. The number of halogens is 3. The molecule has 0 saturated heterocycles. The number of alkyl halides is 3. The summed E-state index contributed by atoms with van der Waals surface area (Å²) in [6.07, 6.45) is -2.08. The van der Waals surface area contributed by atoms with Crippen LogP contribution in [0.15, 0.2) is 30.8 Å². The summed E-state index contributed by atoms with van der Waals surface area (Å²) in [5.41, 5.74) is 1.06. The highest BCUT2D eigenvalue weighted by Gasteiger charge is 2.36. The predicted molar refractivity (Wildman–Crippen MR) is 113 cm³/mol. The normalized spacial score (nSPS) is 16.7. The molecule has 8 heteroatoms. The van der Waals surface area contributed by atoms with Crippen molar-refractivity contribution in [2.24, 2.45) is 0 Å². The van der Waals surface area contributed by atoms with Crippen molar-refractivity contribution in [3.8, 4) is 0 Å². The van der Waals surface area contributed by atoms with E-state index in [0.29, 0.717) is 31.6 Å². The molecule has 1 unspecified atom stereocenters. The number of amides is 1. The first-order valence-electron chi connectivity index (χ1n) is 10.3. The first-order chi connectivity index (χ1) is 14.4. The molecule has 0 saturated carbocycles. The highest BCUT2D eigenvalue weighted by atomic mass is 19.4. The van der Waals surface area contributed by atoms with Crippen LogP contribution >= 0.6 is 0 Å². The Balaban J connectivity index is 1.89. The van der Waals surface area contributed by atoms with E-state index in [1.807, 2.05) is 27.7 Å². The Morgan fingerprint density at radius 3 is 2.42 bits per heavy atom. The molecular formula is C23H28F3N3O2. The van der Waals surface area contributed by atoms with Crippen molar-refractivity contribution in [2.45, 2.75) is 64.9 Å². The second kappa shape index (κ2) is 8.40. The zero-order valence-electron chi connectivity index (χ0n) is 18.3. The van der Waals surface area contributed by atoms with Crippen LogP contribution in [-0.2, 0) is 23.9 Å². The molecule has 0 fully saturated rings. The number of benzene rings is 1. The Labute approximate surface area is 180 Å². The summed E-state index contributed by atoms with van der Waals surface area (Å²) in [5.74, 6) is 0.841. The molecule has 0 radical (unpaired) electrons. The maximum atomic E-state index is 12.9. The van der Waals surface area contributed by atoms with Gasteiger partial charge in [0.15, 0.2) is 0 Å². The number of fused-ring (bicyclic) bond motifs is 1. The molecular weight excluding hydrogens is 407 g/mol. The SMILES string of the molecule is C=Cc1nc(C)n2c1C(CCc1ccc(C(F)(F)F)cc1)N(C(=O)OC(C)(C)C)CC2. The fourth-order valence-corrected chi connectivity index (χ4v) is 3.89. The van der Waals surface area contributed by atoms with E-state index in [-0.39, 0.29) is 6.04 Å². The third-order valence-corrected chi connectivity index (χ3v) is 5.29. The lowest BCUT2D eigenvalue weighted by molar-refractivity contribution is -0.137. The van der Waals surface area contributed by atoms with Crippen LogP contribution in [0.5, 0.6) is 0 Å². The number of aryl methyl sites for hydroxylation is 2. The molecule has 31 heavy (non-hydrogen) atoms. The van der Waals surface area contributed by atoms with Gasteiger partial charge < -0.3 is 9.30 Å². The highest BCUT2D eigenvalue weighted by Crippen LogP contribution is 2.35. The summed E-state index contributed by atoms with van der Waals surface area (Å²) in [4.78, 5) is 19.2. The van der Waals surface area contributed by atoms with Gasteiger partial charge in [-0.1, -0.05) is 18.7 Å². The molecule has 0 N–H and O–H groups in total. The van der Waals surface area contributed by atoms with E-state index >= 15 is 0 Å². The van der Waals surface area contributed by atoms with Crippen molar-refractivity contribution in [2.75, 3.05) is 6.54 Å². The van der Waals surface area contributed by atoms with Crippen LogP contribution in [0, 0.1) is 6.92 Å². The summed E-state index contributed by atoms with van der Waals surface area (Å²) in [6, 6.07) is 4.83. The zero-order chi connectivity index (χ0) is 23.0. The number of carbonyl (C=O) groups excluding carboxylic acids is 1. The molecule has 1 atom stereocenters. The number of rotatable bonds is 4. The van der Waals surface area contributed by atoms with Gasteiger partial charge in [-0.15, -0.1) is 0 Å². The third-order valence-electron chi connectivity index (χ3n) is 5.29. The Morgan fingerprint density at radius 2 is 1.87 bits per heavy atom. The van der Waals surface area contributed by atoms with E-state index in [9.17, 15) is 18.0 Å². The Hall–Kier alpha value is -2.77. The quantitative estimate of drug-likeness (QED) is 0.612. The van der Waals surface area contributed by atoms with Gasteiger partial charge in [-0.25, -0.2) is 9.78 Å². The lowest BCUT2D eigenvalue weighted by Crippen LogP contribution is -2.45. The van der Waals surface area contributed by atoms with Crippen LogP contribution in [0.4, 0.5) is 18.0 Å². The molecule has 0 aliphatic carbocycles. The van der Waals surface area contributed by atoms with Crippen molar-refractivity contribution in [1.82, 2.24) is 14.5 Å². The second-order valence-corrected chi connectivity index (χ2v) is 8.71. The minimum atomic E-state index is -4.36. The molecule has 2 aromatic rings. The minimum absolute atomic E-state index is 0.319. The van der Waals surface area contributed by atoms with Crippen molar-refractivity contribution < 1.29 is 22.7 Å². The summed E-state index contributed by atoms with van der Waals surface area (Å²) in [6.45, 7) is 12.3. The molecule has 168 valence electrons. The van der Waals surface area contributed by atoms with Crippen molar-refractivity contribution in [3.05, 3.63) is 59.2 Å². The van der Waals surface area contributed by atoms with Crippen LogP contribution < -0.4 is 0 Å². The number of hydrogen-bond donors (Lipinski definition) is 0. The van der Waals surface area contributed by atoms with E-state index in [2.05, 4.69) is 16.1 Å². The molecule has 5 nitrogen and oxygen atoms in total. The monoisotopic (exact) mass is 435 g/mol. The van der Waals surface area contributed by atoms with Gasteiger partial charge in [-0.05, 0) is 64.3 Å². The molecule has 1 aliphatic rings. The summed E-state index contributed by atoms with van der Waals surface area (Å²) < 4.78 is 46.2. The van der Waals surface area contributed by atoms with Gasteiger partial charge in [-0.3, -0.25) is 4.90 Å². The van der Waals surface area contributed by atoms with Crippen LogP contribution in [0.2, 0.25) is 0 Å². The molecule has 1 aliphatic heterocycles. The number of nitrogens with zero attached hydrogens (tertiary/aromatic N) is 3. The van der Waals surface area contributed by atoms with Crippen molar-refractivity contribution in [1.29, 1.82) is 0 Å². The topological polar surface area (TPSA) is 47.4 Å². The van der Waals surface area contributed by atoms with Crippen LogP contribution in [0.25, 0.3) is 6.08 Å². The van der Waals surface area contributed by atoms with Gasteiger partial charge in [-0.2, -0.15) is 13.2 Å². The van der Waals surface area contributed by atoms with Crippen molar-refractivity contribution >= 4 is 12.2 Å². The first-order valence-corrected chi connectivity index (χ1v) is 10.3. The molecule has 1 amide bonds. The van der Waals surface area contributed by atoms with E-state index in [4.69, 9.17) is 4.74 Å². The lowest BCUT2D eigenvalue weighted by atomic mass is 9.98. The third kappa shape index (κ3) is 5.11. The maximum absolute atomic E-state index is 12.9. The molecule has 0 spiro atoms. The highest BCUT2D eigenvalue weighted by molar-refractivity contribution is 5.69. The molecule has 2 heterocycles. The van der Waals surface area contributed by atoms with Crippen LogP contribution in [0.1, 0.15) is 61.6 Å². The molecule has 3 rings (SSSR count). The fourth-order valence-electron chi connectivity index (χ4n) is 3.89. The molecule has 1 aromatic heterocycles. The average Bonchev–Trinajstić information content (AvgIpc) is 3.00. The van der Waals surface area contributed by atoms with Crippen LogP contribution in [-0.4, -0.2) is 32.7 Å². The lowest BCUT2D eigenvalue weighted by Gasteiger charge is -2.38. The number of imidazole rings is 1. The minimum Gasteiger partial charge on any atom is -0.444 e. The molecule has 1 aromatic carbocycles. The summed E-state index contributed by atoms with van der Waals surface area (Å²) >= 11 is 0. The zero-order valence-corrected chi connectivity index (χ0v) is 18.3. The van der Waals surface area contributed by atoms with E-state index in [1.54, 1.807) is 11.0 Å². The van der Waals surface area contributed by atoms with Gasteiger partial charge in [0.05, 0.1) is 23.0 Å². The fraction of sp³-hybridized carbons (Fsp3) is 0.478. The molecule has 0 bridgehead atoms. The number of ether oxygens (including phenoxy) is 1. The van der Waals surface area contributed by atoms with Gasteiger partial charge in [0, 0.05) is 13.1 Å². The largest absolute Gasteiger partial charge is 0.444 e. The Kier molecular flexibility index (Phi) is 6.21. The average molecular weight is 435 g/mol. The smallest absolute Gasteiger partial charge is 0.416 e. The van der Waals surface area contributed by atoms with Gasteiger partial charge >= 0.3 is 12.3 Å². The Bertz CT molecular complexity index is 956.